The van der Waals surface area contributed by atoms with Crippen molar-refractivity contribution in [2.75, 3.05) is 6.26 Å². The van der Waals surface area contributed by atoms with Gasteiger partial charge in [0.1, 0.15) is 10.1 Å². The first-order valence-electron chi connectivity index (χ1n) is 5.99. The topological polar surface area (TPSA) is 17.8 Å². The first-order chi connectivity index (χ1) is 11.3. The van der Waals surface area contributed by atoms with E-state index >= 15 is 0 Å². The Morgan fingerprint density at radius 3 is 1.96 bits per heavy atom. The summed E-state index contributed by atoms with van der Waals surface area (Å²) in [4.78, 5) is 3.76. The first-order valence-corrected chi connectivity index (χ1v) is 9.55. The van der Waals surface area contributed by atoms with E-state index in [1.165, 1.54) is 6.26 Å². The minimum atomic E-state index is -4.66. The Hall–Kier alpha value is -0.0600. The number of halogens is 9. The number of alkyl halides is 6. The molecule has 2 nitrogen and oxygen atoms in total. The van der Waals surface area contributed by atoms with E-state index in [1.54, 1.807) is 0 Å². The van der Waals surface area contributed by atoms with Crippen molar-refractivity contribution in [3.05, 3.63) is 33.0 Å². The number of benzene rings is 1. The summed E-state index contributed by atoms with van der Waals surface area (Å²) in [5.74, 6) is 0. The number of nitrogens with zero attached hydrogens (tertiary/aromatic N) is 2. The summed E-state index contributed by atoms with van der Waals surface area (Å²) in [6.45, 7) is 0. The molecule has 0 aliphatic heterocycles. The highest BCUT2D eigenvalue weighted by Crippen LogP contribution is 2.46. The molecule has 0 saturated carbocycles. The Morgan fingerprint density at radius 1 is 1.04 bits per heavy atom. The van der Waals surface area contributed by atoms with Crippen molar-refractivity contribution in [1.29, 1.82) is 0 Å². The lowest BCUT2D eigenvalue weighted by Gasteiger charge is -2.15. The predicted molar refractivity (Wildman–Crippen MR) is 92.0 cm³/mol. The maximum absolute atomic E-state index is 13.1. The monoisotopic (exact) mass is 476 g/mol. The Balaban J connectivity index is 2.67. The van der Waals surface area contributed by atoms with E-state index < -0.39 is 16.5 Å². The lowest BCUT2D eigenvalue weighted by molar-refractivity contribution is -0.137. The lowest BCUT2D eigenvalue weighted by Crippen LogP contribution is -2.07. The quantitative estimate of drug-likeness (QED) is 0.258. The summed E-state index contributed by atoms with van der Waals surface area (Å²) in [5, 5.41) is -1.17. The van der Waals surface area contributed by atoms with Crippen LogP contribution in [0.3, 0.4) is 0 Å². The van der Waals surface area contributed by atoms with Crippen LogP contribution in [0.15, 0.2) is 22.2 Å². The normalized spacial score (nSPS) is 12.7. The van der Waals surface area contributed by atoms with Crippen LogP contribution in [-0.2, 0) is 6.18 Å². The second-order valence-electron chi connectivity index (χ2n) is 4.36. The maximum atomic E-state index is 13.1. The molecule has 0 unspecified atom stereocenters. The molecule has 1 aromatic carbocycles. The molecule has 13 heteroatoms. The molecule has 0 aliphatic carbocycles. The van der Waals surface area contributed by atoms with Gasteiger partial charge in [0.2, 0.25) is 5.28 Å². The zero-order valence-corrected chi connectivity index (χ0v) is 16.4. The first kappa shape index (κ1) is 21.2. The van der Waals surface area contributed by atoms with E-state index in [2.05, 4.69) is 4.98 Å². The second-order valence-corrected chi connectivity index (χ2v) is 8.11. The molecule has 0 N–H and O–H groups in total. The molecule has 1 heterocycles. The van der Waals surface area contributed by atoms with Crippen molar-refractivity contribution < 1.29 is 22.0 Å². The molecule has 2 aromatic rings. The van der Waals surface area contributed by atoms with E-state index in [0.717, 1.165) is 16.3 Å². The third-order valence-corrected chi connectivity index (χ3v) is 5.40. The summed E-state index contributed by atoms with van der Waals surface area (Å²) in [7, 11) is 0. The average Bonchev–Trinajstić information content (AvgIpc) is 2.70. The molecule has 0 aliphatic rings. The molecule has 0 saturated heterocycles. The summed E-state index contributed by atoms with van der Waals surface area (Å²) in [6.07, 6.45) is -3.12. The van der Waals surface area contributed by atoms with Gasteiger partial charge in [-0.05, 0) is 53.4 Å². The number of hydrogen-bond donors (Lipinski definition) is 0. The molecule has 0 atom stereocenters. The SMILES string of the molecule is CSc1c(SC(F)(F)Cl)nc(Cl)n1-c1c(Cl)cc(C(F)(F)F)cc1Cl. The van der Waals surface area contributed by atoms with E-state index in [1.807, 2.05) is 0 Å². The van der Waals surface area contributed by atoms with Gasteiger partial charge in [0.05, 0.1) is 21.3 Å². The molecule has 25 heavy (non-hydrogen) atoms. The summed E-state index contributed by atoms with van der Waals surface area (Å²) in [5.41, 5.74) is -1.17. The van der Waals surface area contributed by atoms with E-state index in [0.29, 0.717) is 12.1 Å². The average molecular weight is 478 g/mol. The number of aromatic nitrogens is 2. The van der Waals surface area contributed by atoms with Gasteiger partial charge in [0, 0.05) is 0 Å². The Kier molecular flexibility index (Phi) is 6.39. The molecular formula is C12H5Cl4F5N2S2. The highest BCUT2D eigenvalue weighted by Gasteiger charge is 2.34. The van der Waals surface area contributed by atoms with E-state index in [9.17, 15) is 22.0 Å². The van der Waals surface area contributed by atoms with Crippen molar-refractivity contribution >= 4 is 69.9 Å². The van der Waals surface area contributed by atoms with Crippen LogP contribution in [0.25, 0.3) is 5.69 Å². The van der Waals surface area contributed by atoms with Crippen LogP contribution < -0.4 is 0 Å². The fourth-order valence-electron chi connectivity index (χ4n) is 1.85. The second kappa shape index (κ2) is 7.52. The summed E-state index contributed by atoms with van der Waals surface area (Å²) < 4.78 is 62.0. The number of rotatable bonds is 4. The van der Waals surface area contributed by atoms with Gasteiger partial charge in [-0.25, -0.2) is 4.98 Å². The van der Waals surface area contributed by atoms with Crippen LogP contribution in [0, 0.1) is 0 Å². The molecule has 0 amide bonds. The molecule has 0 radical (unpaired) electrons. The number of hydrogen-bond acceptors (Lipinski definition) is 3. The van der Waals surface area contributed by atoms with Gasteiger partial charge in [-0.3, -0.25) is 4.57 Å². The minimum Gasteiger partial charge on any atom is -0.274 e. The lowest BCUT2D eigenvalue weighted by atomic mass is 10.2. The van der Waals surface area contributed by atoms with Gasteiger partial charge in [-0.15, -0.1) is 11.8 Å². The van der Waals surface area contributed by atoms with Gasteiger partial charge >= 0.3 is 10.9 Å². The minimum absolute atomic E-state index is 0.0706. The molecule has 1 aromatic heterocycles. The Morgan fingerprint density at radius 2 is 1.56 bits per heavy atom. The highest BCUT2D eigenvalue weighted by molar-refractivity contribution is 8.03. The summed E-state index contributed by atoms with van der Waals surface area (Å²) >= 11 is 23.6. The van der Waals surface area contributed by atoms with Gasteiger partial charge in [0.15, 0.2) is 0 Å². The third-order valence-electron chi connectivity index (χ3n) is 2.74. The fourth-order valence-corrected chi connectivity index (χ4v) is 4.57. The molecule has 0 fully saturated rings. The molecule has 0 spiro atoms. The van der Waals surface area contributed by atoms with Gasteiger partial charge in [0.25, 0.3) is 0 Å². The largest absolute Gasteiger partial charge is 0.416 e. The van der Waals surface area contributed by atoms with Gasteiger partial charge in [-0.2, -0.15) is 22.0 Å². The standard InChI is InChI=1S/C12H5Cl4F5N2S2/c1-24-9-8(25-12(16,20)21)22-10(15)23(9)7-5(13)2-4(3-6(7)14)11(17,18)19/h2-3H,1H3. The maximum Gasteiger partial charge on any atom is 0.416 e. The zero-order chi connectivity index (χ0) is 19.2. The predicted octanol–water partition coefficient (Wildman–Crippen LogP) is 7.45. The van der Waals surface area contributed by atoms with E-state index in [4.69, 9.17) is 46.4 Å². The zero-order valence-electron chi connectivity index (χ0n) is 11.8. The molecule has 0 bridgehead atoms. The van der Waals surface area contributed by atoms with Crippen LogP contribution >= 0.6 is 69.9 Å². The number of imidazole rings is 1. The van der Waals surface area contributed by atoms with Crippen molar-refractivity contribution in [2.24, 2.45) is 0 Å². The van der Waals surface area contributed by atoms with Crippen LogP contribution in [0.5, 0.6) is 0 Å². The summed E-state index contributed by atoms with van der Waals surface area (Å²) in [6, 6.07) is 1.32. The smallest absolute Gasteiger partial charge is 0.274 e. The highest BCUT2D eigenvalue weighted by atomic mass is 35.5. The van der Waals surface area contributed by atoms with Gasteiger partial charge in [-0.1, -0.05) is 23.2 Å². The van der Waals surface area contributed by atoms with Crippen molar-refractivity contribution in [2.45, 2.75) is 20.9 Å². The van der Waals surface area contributed by atoms with E-state index in [-0.39, 0.29) is 42.8 Å². The third kappa shape index (κ3) is 4.81. The van der Waals surface area contributed by atoms with Gasteiger partial charge < -0.3 is 0 Å². The van der Waals surface area contributed by atoms with Crippen molar-refractivity contribution in [3.63, 3.8) is 0 Å². The fraction of sp³-hybridized carbons (Fsp3) is 0.250. The van der Waals surface area contributed by atoms with Crippen LogP contribution in [0.4, 0.5) is 22.0 Å². The van der Waals surface area contributed by atoms with Crippen LogP contribution in [0.2, 0.25) is 15.3 Å². The number of thioether (sulfide) groups is 2. The van der Waals surface area contributed by atoms with Crippen LogP contribution in [0.1, 0.15) is 5.56 Å². The van der Waals surface area contributed by atoms with Crippen LogP contribution in [-0.4, -0.2) is 20.5 Å². The molecule has 2 rings (SSSR count). The molecular weight excluding hydrogens is 473 g/mol. The van der Waals surface area contributed by atoms with Crippen molar-refractivity contribution in [3.8, 4) is 5.69 Å². The van der Waals surface area contributed by atoms with Crippen molar-refractivity contribution in [1.82, 2.24) is 9.55 Å². The molecule has 138 valence electrons. The Labute approximate surface area is 167 Å². The Bertz CT molecular complexity index is 781.